The summed E-state index contributed by atoms with van der Waals surface area (Å²) in [6.07, 6.45) is 37.3. The van der Waals surface area contributed by atoms with Gasteiger partial charge in [0.1, 0.15) is 19.8 Å². The van der Waals surface area contributed by atoms with Crippen LogP contribution in [0.1, 0.15) is 219 Å². The molecule has 9 nitrogen and oxygen atoms in total. The van der Waals surface area contributed by atoms with Gasteiger partial charge in [-0.05, 0) is 12.8 Å². The van der Waals surface area contributed by atoms with E-state index in [0.717, 1.165) is 32.1 Å². The molecule has 0 aromatic carbocycles. The van der Waals surface area contributed by atoms with Gasteiger partial charge in [-0.1, -0.05) is 194 Å². The Morgan fingerprint density at radius 1 is 0.500 bits per heavy atom. The average Bonchev–Trinajstić information content (AvgIpc) is 3.12. The first kappa shape index (κ1) is 53.0. The first-order valence-electron chi connectivity index (χ1n) is 22.7. The van der Waals surface area contributed by atoms with Gasteiger partial charge in [0.2, 0.25) is 0 Å². The van der Waals surface area contributed by atoms with Gasteiger partial charge < -0.3 is 27.9 Å². The molecule has 0 rings (SSSR count). The van der Waals surface area contributed by atoms with Gasteiger partial charge in [0.05, 0.1) is 27.7 Å². The quantitative estimate of drug-likeness (QED) is 0.0260. The Morgan fingerprint density at radius 2 is 0.833 bits per heavy atom. The fourth-order valence-electron chi connectivity index (χ4n) is 6.54. The van der Waals surface area contributed by atoms with E-state index in [0.29, 0.717) is 17.4 Å². The van der Waals surface area contributed by atoms with E-state index in [4.69, 9.17) is 18.5 Å². The van der Waals surface area contributed by atoms with Crippen molar-refractivity contribution < 1.29 is 42.1 Å². The molecule has 0 bridgehead atoms. The Hall–Kier alpha value is -0.990. The summed E-state index contributed by atoms with van der Waals surface area (Å²) in [5, 5.41) is 0. The molecule has 0 saturated carbocycles. The lowest BCUT2D eigenvalue weighted by Crippen LogP contribution is -2.37. The van der Waals surface area contributed by atoms with Crippen molar-refractivity contribution in [2.45, 2.75) is 225 Å². The Bertz CT molecular complexity index is 896. The van der Waals surface area contributed by atoms with E-state index >= 15 is 0 Å². The highest BCUT2D eigenvalue weighted by molar-refractivity contribution is 7.45. The number of phosphoric ester groups is 1. The van der Waals surface area contributed by atoms with Crippen molar-refractivity contribution in [3.8, 4) is 0 Å². The van der Waals surface area contributed by atoms with Gasteiger partial charge >= 0.3 is 11.9 Å². The molecule has 0 radical (unpaired) electrons. The molecular weight excluding hydrogens is 701 g/mol. The second-order valence-electron chi connectivity index (χ2n) is 16.8. The third-order valence-electron chi connectivity index (χ3n) is 10.1. The first-order chi connectivity index (χ1) is 26.0. The summed E-state index contributed by atoms with van der Waals surface area (Å²) in [6, 6.07) is 0. The zero-order valence-corrected chi connectivity index (χ0v) is 37.1. The Balaban J connectivity index is 4.08. The summed E-state index contributed by atoms with van der Waals surface area (Å²) in [7, 11) is 1.18. The number of nitrogens with zero attached hydrogens (tertiary/aromatic N) is 1. The molecule has 0 aromatic rings. The van der Waals surface area contributed by atoms with Gasteiger partial charge in [0.15, 0.2) is 6.10 Å². The molecule has 0 saturated heterocycles. The number of likely N-dealkylation sites (N-methyl/N-ethyl adjacent to an activating group) is 1. The van der Waals surface area contributed by atoms with E-state index in [1.807, 2.05) is 21.1 Å². The number of unbranched alkanes of at least 4 members (excludes halogenated alkanes) is 28. The second kappa shape index (κ2) is 37.6. The van der Waals surface area contributed by atoms with Crippen molar-refractivity contribution in [1.29, 1.82) is 0 Å². The van der Waals surface area contributed by atoms with Crippen LogP contribution in [-0.4, -0.2) is 70.0 Å². The van der Waals surface area contributed by atoms with Crippen LogP contribution in [0.25, 0.3) is 0 Å². The number of rotatable bonds is 42. The van der Waals surface area contributed by atoms with Crippen LogP contribution in [0, 0.1) is 0 Å². The van der Waals surface area contributed by atoms with Crippen LogP contribution in [0.4, 0.5) is 0 Å². The van der Waals surface area contributed by atoms with Crippen LogP contribution in [0.15, 0.2) is 0 Å². The zero-order chi connectivity index (χ0) is 40.0. The number of hydrogen-bond donors (Lipinski definition) is 0. The molecule has 0 spiro atoms. The van der Waals surface area contributed by atoms with Crippen LogP contribution in [0.5, 0.6) is 0 Å². The second-order valence-corrected chi connectivity index (χ2v) is 18.2. The van der Waals surface area contributed by atoms with E-state index < -0.39 is 26.5 Å². The standard InChI is InChI=1S/C44H88NO8P/c1-6-8-10-12-14-15-16-17-18-19-20-21-22-23-24-25-26-27-28-29-31-33-35-37-44(47)53-42(41-52-54(48,49)51-39-38-45(3,4)5)40-50-43(46)36-34-32-30-13-11-9-7-2/h42H,6-41H2,1-5H3/t42-/m1/s1. The highest BCUT2D eigenvalue weighted by atomic mass is 31.2. The molecule has 10 heteroatoms. The molecule has 0 aliphatic carbocycles. The van der Waals surface area contributed by atoms with Crippen molar-refractivity contribution in [3.63, 3.8) is 0 Å². The molecule has 2 atom stereocenters. The van der Waals surface area contributed by atoms with Crippen LogP contribution >= 0.6 is 7.82 Å². The SMILES string of the molecule is CCCCCCCCCCCCCCCCCCCCCCCCCC(=O)O[C@H](COC(=O)CCCCCCCCC)COP(=O)([O-])OCC[N+](C)(C)C. The number of phosphoric acid groups is 1. The Labute approximate surface area is 334 Å². The van der Waals surface area contributed by atoms with E-state index in [1.54, 1.807) is 0 Å². The van der Waals surface area contributed by atoms with Crippen molar-refractivity contribution in [2.24, 2.45) is 0 Å². The molecule has 0 aromatic heterocycles. The van der Waals surface area contributed by atoms with Gasteiger partial charge in [-0.3, -0.25) is 14.2 Å². The van der Waals surface area contributed by atoms with Gasteiger partial charge in [-0.2, -0.15) is 0 Å². The van der Waals surface area contributed by atoms with E-state index in [1.165, 1.54) is 154 Å². The minimum Gasteiger partial charge on any atom is -0.756 e. The highest BCUT2D eigenvalue weighted by Gasteiger charge is 2.21. The zero-order valence-electron chi connectivity index (χ0n) is 36.2. The molecule has 0 amide bonds. The van der Waals surface area contributed by atoms with E-state index in [9.17, 15) is 19.0 Å². The van der Waals surface area contributed by atoms with Gasteiger partial charge in [0.25, 0.3) is 7.82 Å². The number of hydrogen-bond acceptors (Lipinski definition) is 8. The fraction of sp³-hybridized carbons (Fsp3) is 0.955. The molecule has 1 unspecified atom stereocenters. The Kier molecular flexibility index (Phi) is 36.9. The van der Waals surface area contributed by atoms with Crippen molar-refractivity contribution in [1.82, 2.24) is 0 Å². The van der Waals surface area contributed by atoms with E-state index in [-0.39, 0.29) is 32.0 Å². The van der Waals surface area contributed by atoms with Crippen LogP contribution in [-0.2, 0) is 32.7 Å². The van der Waals surface area contributed by atoms with Crippen LogP contribution in [0.2, 0.25) is 0 Å². The largest absolute Gasteiger partial charge is 0.756 e. The highest BCUT2D eigenvalue weighted by Crippen LogP contribution is 2.38. The summed E-state index contributed by atoms with van der Waals surface area (Å²) in [5.74, 6) is -0.828. The molecule has 322 valence electrons. The molecule has 0 N–H and O–H groups in total. The lowest BCUT2D eigenvalue weighted by atomic mass is 10.0. The molecular formula is C44H88NO8P. The van der Waals surface area contributed by atoms with E-state index in [2.05, 4.69) is 13.8 Å². The van der Waals surface area contributed by atoms with Gasteiger partial charge in [-0.15, -0.1) is 0 Å². The summed E-state index contributed by atoms with van der Waals surface area (Å²) >= 11 is 0. The lowest BCUT2D eigenvalue weighted by Gasteiger charge is -2.28. The minimum absolute atomic E-state index is 0.0261. The summed E-state index contributed by atoms with van der Waals surface area (Å²) < 4.78 is 33.8. The average molecular weight is 790 g/mol. The molecule has 0 fully saturated rings. The maximum atomic E-state index is 12.6. The van der Waals surface area contributed by atoms with Crippen LogP contribution in [0.3, 0.4) is 0 Å². The number of ether oxygens (including phenoxy) is 2. The van der Waals surface area contributed by atoms with Crippen molar-refractivity contribution in [3.05, 3.63) is 0 Å². The van der Waals surface area contributed by atoms with Crippen molar-refractivity contribution >= 4 is 19.8 Å². The molecule has 0 heterocycles. The smallest absolute Gasteiger partial charge is 0.306 e. The third kappa shape index (κ3) is 40.7. The minimum atomic E-state index is -4.61. The number of esters is 2. The Morgan fingerprint density at radius 3 is 1.19 bits per heavy atom. The number of carbonyl (C=O) groups is 2. The topological polar surface area (TPSA) is 111 Å². The van der Waals surface area contributed by atoms with Crippen molar-refractivity contribution in [2.75, 3.05) is 47.5 Å². The normalized spacial score (nSPS) is 13.5. The molecule has 0 aliphatic rings. The summed E-state index contributed by atoms with van der Waals surface area (Å²) in [4.78, 5) is 37.3. The van der Waals surface area contributed by atoms with Crippen LogP contribution < -0.4 is 4.89 Å². The molecule has 0 aliphatic heterocycles. The number of quaternary nitrogens is 1. The number of carbonyl (C=O) groups excluding carboxylic acids is 2. The first-order valence-corrected chi connectivity index (χ1v) is 24.2. The monoisotopic (exact) mass is 790 g/mol. The predicted molar refractivity (Wildman–Crippen MR) is 222 cm³/mol. The molecule has 54 heavy (non-hydrogen) atoms. The third-order valence-corrected chi connectivity index (χ3v) is 11.1. The predicted octanol–water partition coefficient (Wildman–Crippen LogP) is 12.2. The summed E-state index contributed by atoms with van der Waals surface area (Å²) in [6.45, 7) is 4.21. The maximum absolute atomic E-state index is 12.6. The van der Waals surface area contributed by atoms with Gasteiger partial charge in [0, 0.05) is 12.8 Å². The summed E-state index contributed by atoms with van der Waals surface area (Å²) in [5.41, 5.74) is 0. The van der Waals surface area contributed by atoms with Gasteiger partial charge in [-0.25, -0.2) is 0 Å². The maximum Gasteiger partial charge on any atom is 0.306 e. The fourth-order valence-corrected chi connectivity index (χ4v) is 7.27. The lowest BCUT2D eigenvalue weighted by molar-refractivity contribution is -0.870.